The molecule has 7 atom stereocenters. The number of Topliss-reactive ketones (excluding diaryl/α,β-unsaturated/α-hetero) is 3. The van der Waals surface area contributed by atoms with E-state index in [0.29, 0.717) is 67.6 Å². The third-order valence-electron chi connectivity index (χ3n) is 17.5. The van der Waals surface area contributed by atoms with Gasteiger partial charge in [-0.15, -0.1) is 0 Å². The van der Waals surface area contributed by atoms with E-state index in [1.54, 1.807) is 30.3 Å². The van der Waals surface area contributed by atoms with E-state index in [1.165, 1.54) is 24.3 Å². The molecule has 2 aromatic rings. The Morgan fingerprint density at radius 1 is 0.653 bits per heavy atom. The maximum atomic E-state index is 14.6. The second-order valence-corrected chi connectivity index (χ2v) is 29.0. The number of nitrogens with zero attached hydrogens (tertiary/aromatic N) is 2. The zero-order valence-electron chi connectivity index (χ0n) is 59.8. The third-order valence-corrected chi connectivity index (χ3v) is 17.5. The number of carboxylic acids is 1. The summed E-state index contributed by atoms with van der Waals surface area (Å²) in [7, 11) is 0. The van der Waals surface area contributed by atoms with Crippen LogP contribution in [-0.2, 0) is 80.1 Å². The lowest BCUT2D eigenvalue weighted by atomic mass is 9.74. The molecule has 1 heterocycles. The fourth-order valence-electron chi connectivity index (χ4n) is 12.5. The molecule has 8 amide bonds. The summed E-state index contributed by atoms with van der Waals surface area (Å²) in [4.78, 5) is 181. The summed E-state index contributed by atoms with van der Waals surface area (Å²) in [6, 6.07) is 2.49. The highest BCUT2D eigenvalue weighted by molar-refractivity contribution is 6.24. The Morgan fingerprint density at radius 2 is 1.21 bits per heavy atom. The van der Waals surface area contributed by atoms with Crippen LogP contribution in [0.1, 0.15) is 183 Å². The molecule has 554 valence electrons. The molecule has 28 heteroatoms. The fraction of sp³-hybridized carbons (Fsp3) is 0.589. The zero-order chi connectivity index (χ0) is 74.9. The SMILES string of the molecule is CC(=O)N[C@@H](CCC(=O)OCc1ccc(N=C(CC(C)C)C2=C(O)CC(C)(C)CC2=O)cc1)C(=O)N[C@H](Cc1ccc(O)cc1)C(=O)N[C@H](CC(=O)O)C(=O)N1CCC[C@H]1C(=O)N[C@H](CCCCN)C(=O)N[C@@H](CC(C)C)C(=O)N[C@@H](CCCCNCC=C1C(=O)CC(C)(C)CC1=O)C(N)=O. The van der Waals surface area contributed by atoms with Crippen molar-refractivity contribution in [3.05, 3.63) is 82.6 Å². The Morgan fingerprint density at radius 3 is 1.80 bits per heavy atom. The minimum Gasteiger partial charge on any atom is -0.511 e. The van der Waals surface area contributed by atoms with Gasteiger partial charge in [0.2, 0.25) is 47.3 Å². The lowest BCUT2D eigenvalue weighted by molar-refractivity contribution is -0.146. The molecular weight excluding hydrogens is 1300 g/mol. The van der Waals surface area contributed by atoms with E-state index in [1.807, 2.05) is 55.4 Å². The van der Waals surface area contributed by atoms with Crippen molar-refractivity contribution in [2.45, 2.75) is 227 Å². The van der Waals surface area contributed by atoms with E-state index in [-0.39, 0.29) is 153 Å². The number of aliphatic imine (C=N–C) groups is 1. The predicted octanol–water partition coefficient (Wildman–Crippen LogP) is 4.48. The highest BCUT2D eigenvalue weighted by Gasteiger charge is 2.42. The molecule has 2 aliphatic carbocycles. The number of allylic oxidation sites excluding steroid dienone is 3. The number of aliphatic hydroxyl groups excluding tert-OH is 1. The molecule has 1 saturated heterocycles. The number of esters is 1. The number of aliphatic carboxylic acids is 1. The molecule has 101 heavy (non-hydrogen) atoms. The zero-order valence-corrected chi connectivity index (χ0v) is 59.8. The number of nitrogens with two attached hydrogens (primary N) is 2. The minimum absolute atomic E-state index is 0.00817. The van der Waals surface area contributed by atoms with Gasteiger partial charge in [-0.1, -0.05) is 85.7 Å². The topological polar surface area (TPSA) is 444 Å². The van der Waals surface area contributed by atoms with Crippen molar-refractivity contribution in [2.75, 3.05) is 26.2 Å². The molecule has 0 aromatic heterocycles. The van der Waals surface area contributed by atoms with Crippen molar-refractivity contribution >= 4 is 87.9 Å². The molecular formula is C73H105N11O17. The van der Waals surface area contributed by atoms with Crippen molar-refractivity contribution in [1.29, 1.82) is 0 Å². The van der Waals surface area contributed by atoms with Gasteiger partial charge in [-0.3, -0.25) is 67.3 Å². The van der Waals surface area contributed by atoms with Gasteiger partial charge >= 0.3 is 11.9 Å². The smallest absolute Gasteiger partial charge is 0.306 e. The molecule has 14 N–H and O–H groups in total. The average molecular weight is 1410 g/mol. The number of ether oxygens (including phenoxy) is 1. The molecule has 1 aliphatic heterocycles. The number of amides is 8. The number of unbranched alkanes of at least 4 members (excludes halogenated alkanes) is 2. The minimum atomic E-state index is -1.84. The summed E-state index contributed by atoms with van der Waals surface area (Å²) in [6.45, 7) is 17.0. The Labute approximate surface area is 590 Å². The van der Waals surface area contributed by atoms with Crippen LogP contribution in [0.25, 0.3) is 0 Å². The molecule has 0 unspecified atom stereocenters. The molecule has 0 radical (unpaired) electrons. The number of hydrogen-bond acceptors (Lipinski definition) is 19. The predicted molar refractivity (Wildman–Crippen MR) is 375 cm³/mol. The van der Waals surface area contributed by atoms with Crippen LogP contribution in [0.15, 0.2) is 76.5 Å². The fourth-order valence-corrected chi connectivity index (χ4v) is 12.5. The quantitative estimate of drug-likeness (QED) is 0.0144. The first-order chi connectivity index (χ1) is 47.5. The van der Waals surface area contributed by atoms with Gasteiger partial charge in [-0.25, -0.2) is 0 Å². The van der Waals surface area contributed by atoms with E-state index in [2.05, 4.69) is 37.2 Å². The monoisotopic (exact) mass is 1410 g/mol. The molecule has 5 rings (SSSR count). The van der Waals surface area contributed by atoms with Gasteiger partial charge in [0.05, 0.1) is 29.0 Å². The first-order valence-corrected chi connectivity index (χ1v) is 34.9. The maximum absolute atomic E-state index is 14.6. The van der Waals surface area contributed by atoms with Gasteiger partial charge in [0.25, 0.3) is 0 Å². The molecule has 0 spiro atoms. The summed E-state index contributed by atoms with van der Waals surface area (Å²) >= 11 is 0. The number of primary amides is 1. The second-order valence-electron chi connectivity index (χ2n) is 29.0. The highest BCUT2D eigenvalue weighted by atomic mass is 16.5. The van der Waals surface area contributed by atoms with Crippen molar-refractivity contribution in [3.8, 4) is 5.75 Å². The van der Waals surface area contributed by atoms with Crippen LogP contribution in [-0.4, -0.2) is 171 Å². The summed E-state index contributed by atoms with van der Waals surface area (Å²) in [5.74, 6) is -9.74. The number of carbonyl (C=O) groups excluding carboxylic acids is 12. The average Bonchev–Trinajstić information content (AvgIpc) is 1.52. The number of hydrogen-bond donors (Lipinski definition) is 12. The number of rotatable bonds is 39. The number of aliphatic hydroxyl groups is 1. The number of aromatic hydroxyl groups is 1. The van der Waals surface area contributed by atoms with Gasteiger partial charge in [-0.05, 0) is 142 Å². The third kappa shape index (κ3) is 27.4. The van der Waals surface area contributed by atoms with Crippen molar-refractivity contribution in [3.63, 3.8) is 0 Å². The van der Waals surface area contributed by atoms with Crippen LogP contribution in [0.5, 0.6) is 5.75 Å². The van der Waals surface area contributed by atoms with Crippen molar-refractivity contribution in [2.24, 2.45) is 39.1 Å². The lowest BCUT2D eigenvalue weighted by Gasteiger charge is -2.31. The molecule has 1 saturated carbocycles. The Bertz CT molecular complexity index is 3390. The first kappa shape index (κ1) is 82.5. The Balaban J connectivity index is 1.24. The van der Waals surface area contributed by atoms with Gasteiger partial charge in [0.15, 0.2) is 17.3 Å². The molecule has 3 aliphatic rings. The Hall–Kier alpha value is -9.18. The van der Waals surface area contributed by atoms with E-state index in [4.69, 9.17) is 21.2 Å². The van der Waals surface area contributed by atoms with E-state index in [0.717, 1.165) is 11.8 Å². The Kier molecular flexibility index (Phi) is 32.0. The van der Waals surface area contributed by atoms with Crippen LogP contribution in [0.3, 0.4) is 0 Å². The van der Waals surface area contributed by atoms with E-state index >= 15 is 0 Å². The lowest BCUT2D eigenvalue weighted by Crippen LogP contribution is -2.60. The number of nitrogens with one attached hydrogen (secondary N) is 7. The standard InChI is InChI=1S/C73H105N11O17/c1-42(2)33-53(64-60(89)39-73(8,9)40-61(64)90)78-47-22-18-46(19-23-47)41-101-63(93)27-26-52(77-44(5)85)67(96)82-55(35-45-20-24-48(86)25-21-45)69(98)83-56(36-62(91)92)71(100)84-32-14-17-57(84)70(99)80-51(16-10-12-29-74)66(95)81-54(34-43(3)4)68(97)79-50(65(75)94)15-11-13-30-76-31-28-49-58(87)37-72(6,7)38-59(49)88/h18-25,28,42-43,50-52,54-57,76,86,89H,10-17,26-27,29-41,74H2,1-9H3,(H2,75,94)(H,77,85)(H,79,97)(H,80,99)(H,81,95)(H,82,96)(H,83,98)(H,91,92)/t50-,51+,52-,54-,55+,56+,57-/m0/s1. The van der Waals surface area contributed by atoms with Gasteiger partial charge < -0.3 is 73.6 Å². The largest absolute Gasteiger partial charge is 0.511 e. The normalized spacial score (nSPS) is 17.8. The first-order valence-electron chi connectivity index (χ1n) is 34.9. The summed E-state index contributed by atoms with van der Waals surface area (Å²) < 4.78 is 5.53. The number of carboxylic acid groups (broad SMARTS) is 1. The van der Waals surface area contributed by atoms with Gasteiger partial charge in [-0.2, -0.15) is 0 Å². The summed E-state index contributed by atoms with van der Waals surface area (Å²) in [6.07, 6.45) is 3.55. The van der Waals surface area contributed by atoms with Crippen LogP contribution in [0.2, 0.25) is 0 Å². The number of ketones is 3. The second kappa shape index (κ2) is 39.1. The summed E-state index contributed by atoms with van der Waals surface area (Å²) in [5, 5.41) is 49.9. The number of likely N-dealkylation sites (tertiary alicyclic amines) is 1. The van der Waals surface area contributed by atoms with E-state index < -0.39 is 114 Å². The number of carbonyl (C=O) groups is 13. The van der Waals surface area contributed by atoms with E-state index in [9.17, 15) is 77.6 Å². The number of benzene rings is 2. The molecule has 2 aromatic carbocycles. The van der Waals surface area contributed by atoms with Gasteiger partial charge in [0.1, 0.15) is 60.4 Å². The summed E-state index contributed by atoms with van der Waals surface area (Å²) in [5.41, 5.74) is 13.1. The molecule has 0 bridgehead atoms. The van der Waals surface area contributed by atoms with Crippen molar-refractivity contribution < 1.29 is 82.4 Å². The number of phenolic OH excluding ortho intramolecular Hbond substituents is 1. The van der Waals surface area contributed by atoms with Crippen LogP contribution in [0.4, 0.5) is 5.69 Å². The van der Waals surface area contributed by atoms with Crippen molar-refractivity contribution in [1.82, 2.24) is 42.1 Å². The maximum Gasteiger partial charge on any atom is 0.306 e. The van der Waals surface area contributed by atoms with Crippen LogP contribution in [0, 0.1) is 22.7 Å². The number of phenols is 1. The molecule has 28 nitrogen and oxygen atoms in total. The van der Waals surface area contributed by atoms with Gasteiger partial charge in [0, 0.05) is 58.5 Å². The van der Waals surface area contributed by atoms with Crippen LogP contribution < -0.4 is 48.7 Å². The van der Waals surface area contributed by atoms with Crippen LogP contribution >= 0.6 is 0 Å². The molecule has 2 fully saturated rings. The highest BCUT2D eigenvalue weighted by Crippen LogP contribution is 2.38.